The molecule has 0 radical (unpaired) electrons. The van der Waals surface area contributed by atoms with Crippen LogP contribution in [0.2, 0.25) is 0 Å². The van der Waals surface area contributed by atoms with Crippen LogP contribution in [0.4, 0.5) is 0 Å². The van der Waals surface area contributed by atoms with Gasteiger partial charge in [0.15, 0.2) is 5.82 Å². The standard InChI is InChI=1S/C16H27N5O2/c1-11(2)16-19-14-4-3-13(10-21(14)20-16)17-9-15(22)18-12-5-7-23-8-6-12/h11-13,17H,3-10H2,1-2H3,(H,18,22)/t13-/m0/s1. The van der Waals surface area contributed by atoms with E-state index in [-0.39, 0.29) is 18.0 Å². The van der Waals surface area contributed by atoms with E-state index in [4.69, 9.17) is 4.74 Å². The van der Waals surface area contributed by atoms with Crippen LogP contribution < -0.4 is 10.6 Å². The molecule has 1 atom stereocenters. The molecular formula is C16H27N5O2. The van der Waals surface area contributed by atoms with Crippen molar-refractivity contribution in [2.45, 2.75) is 64.1 Å². The summed E-state index contributed by atoms with van der Waals surface area (Å²) in [5.41, 5.74) is 0. The van der Waals surface area contributed by atoms with Gasteiger partial charge in [-0.3, -0.25) is 4.79 Å². The van der Waals surface area contributed by atoms with Gasteiger partial charge in [0.05, 0.1) is 13.1 Å². The molecule has 23 heavy (non-hydrogen) atoms. The minimum Gasteiger partial charge on any atom is -0.381 e. The number of aryl methyl sites for hydroxylation is 1. The Kier molecular flexibility index (Phi) is 5.27. The van der Waals surface area contributed by atoms with Crippen LogP contribution in [0.15, 0.2) is 0 Å². The molecule has 1 fully saturated rings. The van der Waals surface area contributed by atoms with E-state index < -0.39 is 0 Å². The molecule has 2 N–H and O–H groups in total. The van der Waals surface area contributed by atoms with Crippen molar-refractivity contribution in [3.63, 3.8) is 0 Å². The summed E-state index contributed by atoms with van der Waals surface area (Å²) < 4.78 is 7.30. The molecule has 3 rings (SSSR count). The molecular weight excluding hydrogens is 294 g/mol. The third-order valence-electron chi connectivity index (χ3n) is 4.53. The molecule has 2 aliphatic rings. The molecule has 0 unspecified atom stereocenters. The first-order chi connectivity index (χ1) is 11.1. The van der Waals surface area contributed by atoms with Gasteiger partial charge in [-0.05, 0) is 19.3 Å². The van der Waals surface area contributed by atoms with Crippen LogP contribution in [0, 0.1) is 0 Å². The Hall–Kier alpha value is -1.47. The lowest BCUT2D eigenvalue weighted by atomic mass is 10.1. The molecule has 0 spiro atoms. The lowest BCUT2D eigenvalue weighted by molar-refractivity contribution is -0.121. The van der Waals surface area contributed by atoms with Gasteiger partial charge in [-0.2, -0.15) is 5.10 Å². The highest BCUT2D eigenvalue weighted by molar-refractivity contribution is 5.78. The van der Waals surface area contributed by atoms with Crippen LogP contribution in [0.25, 0.3) is 0 Å². The number of ether oxygens (including phenoxy) is 1. The fourth-order valence-electron chi connectivity index (χ4n) is 3.10. The van der Waals surface area contributed by atoms with E-state index in [1.807, 2.05) is 4.68 Å². The summed E-state index contributed by atoms with van der Waals surface area (Å²) in [6.07, 6.45) is 3.74. The van der Waals surface area contributed by atoms with Crippen LogP contribution in [0.5, 0.6) is 0 Å². The van der Waals surface area contributed by atoms with Crippen molar-refractivity contribution in [3.05, 3.63) is 11.6 Å². The minimum absolute atomic E-state index is 0.0733. The first-order valence-corrected chi connectivity index (χ1v) is 8.66. The highest BCUT2D eigenvalue weighted by Crippen LogP contribution is 2.16. The molecule has 1 amide bonds. The number of nitrogens with zero attached hydrogens (tertiary/aromatic N) is 3. The SMILES string of the molecule is CC(C)c1nc2n(n1)C[C@@H](NCC(=O)NC1CCOCC1)CC2. The van der Waals surface area contributed by atoms with Gasteiger partial charge >= 0.3 is 0 Å². The summed E-state index contributed by atoms with van der Waals surface area (Å²) in [5.74, 6) is 2.41. The number of nitrogens with one attached hydrogen (secondary N) is 2. The number of hydrogen-bond donors (Lipinski definition) is 2. The van der Waals surface area contributed by atoms with Crippen LogP contribution in [0.1, 0.15) is 50.7 Å². The number of fused-ring (bicyclic) bond motifs is 1. The number of rotatable bonds is 5. The van der Waals surface area contributed by atoms with Gasteiger partial charge in [0.1, 0.15) is 5.82 Å². The van der Waals surface area contributed by atoms with Gasteiger partial charge in [-0.1, -0.05) is 13.8 Å². The molecule has 3 heterocycles. The van der Waals surface area contributed by atoms with Gasteiger partial charge in [0.2, 0.25) is 5.91 Å². The maximum absolute atomic E-state index is 12.0. The molecule has 0 aromatic carbocycles. The highest BCUT2D eigenvalue weighted by atomic mass is 16.5. The fourth-order valence-corrected chi connectivity index (χ4v) is 3.10. The van der Waals surface area contributed by atoms with Gasteiger partial charge < -0.3 is 15.4 Å². The van der Waals surface area contributed by atoms with E-state index in [0.29, 0.717) is 12.5 Å². The molecule has 1 aromatic rings. The zero-order valence-corrected chi connectivity index (χ0v) is 14.0. The molecule has 7 heteroatoms. The van der Waals surface area contributed by atoms with Gasteiger partial charge in [0, 0.05) is 37.6 Å². The Morgan fingerprint density at radius 1 is 1.30 bits per heavy atom. The first kappa shape index (κ1) is 16.4. The Labute approximate surface area is 137 Å². The Bertz CT molecular complexity index is 537. The molecule has 2 aliphatic heterocycles. The molecule has 0 aliphatic carbocycles. The van der Waals surface area contributed by atoms with Crippen molar-refractivity contribution >= 4 is 5.91 Å². The Balaban J connectivity index is 1.44. The van der Waals surface area contributed by atoms with Gasteiger partial charge in [-0.15, -0.1) is 0 Å². The number of aromatic nitrogens is 3. The van der Waals surface area contributed by atoms with E-state index in [2.05, 4.69) is 34.6 Å². The number of carbonyl (C=O) groups excluding carboxylic acids is 1. The van der Waals surface area contributed by atoms with Crippen LogP contribution >= 0.6 is 0 Å². The average Bonchev–Trinajstić information content (AvgIpc) is 2.97. The fraction of sp³-hybridized carbons (Fsp3) is 0.812. The molecule has 128 valence electrons. The highest BCUT2D eigenvalue weighted by Gasteiger charge is 2.23. The molecule has 1 saturated heterocycles. The summed E-state index contributed by atoms with van der Waals surface area (Å²) in [7, 11) is 0. The van der Waals surface area contributed by atoms with Crippen LogP contribution in [-0.4, -0.2) is 52.5 Å². The first-order valence-electron chi connectivity index (χ1n) is 8.66. The van der Waals surface area contributed by atoms with Crippen molar-refractivity contribution in [3.8, 4) is 0 Å². The van der Waals surface area contributed by atoms with E-state index in [0.717, 1.165) is 57.1 Å². The molecule has 0 saturated carbocycles. The van der Waals surface area contributed by atoms with Crippen LogP contribution in [-0.2, 0) is 22.5 Å². The van der Waals surface area contributed by atoms with E-state index in [1.54, 1.807) is 0 Å². The average molecular weight is 321 g/mol. The van der Waals surface area contributed by atoms with Gasteiger partial charge in [0.25, 0.3) is 0 Å². The topological polar surface area (TPSA) is 81.1 Å². The zero-order valence-electron chi connectivity index (χ0n) is 14.0. The largest absolute Gasteiger partial charge is 0.381 e. The second-order valence-corrected chi connectivity index (χ2v) is 6.79. The summed E-state index contributed by atoms with van der Waals surface area (Å²) in [6.45, 7) is 6.86. The second-order valence-electron chi connectivity index (χ2n) is 6.79. The maximum Gasteiger partial charge on any atom is 0.234 e. The number of carbonyl (C=O) groups is 1. The normalized spacial score (nSPS) is 22.1. The quantitative estimate of drug-likeness (QED) is 0.830. The van der Waals surface area contributed by atoms with Crippen molar-refractivity contribution in [1.82, 2.24) is 25.4 Å². The maximum atomic E-state index is 12.0. The number of hydrogen-bond acceptors (Lipinski definition) is 5. The van der Waals surface area contributed by atoms with E-state index >= 15 is 0 Å². The molecule has 7 nitrogen and oxygen atoms in total. The van der Waals surface area contributed by atoms with Crippen molar-refractivity contribution < 1.29 is 9.53 Å². The summed E-state index contributed by atoms with van der Waals surface area (Å²) in [6, 6.07) is 0.546. The third kappa shape index (κ3) is 4.29. The van der Waals surface area contributed by atoms with Crippen molar-refractivity contribution in [1.29, 1.82) is 0 Å². The molecule has 1 aromatic heterocycles. The molecule has 0 bridgehead atoms. The predicted molar refractivity (Wildman–Crippen MR) is 86.2 cm³/mol. The lowest BCUT2D eigenvalue weighted by Gasteiger charge is -2.25. The second kappa shape index (κ2) is 7.40. The zero-order chi connectivity index (χ0) is 16.2. The van der Waals surface area contributed by atoms with Crippen LogP contribution in [0.3, 0.4) is 0 Å². The van der Waals surface area contributed by atoms with Gasteiger partial charge in [-0.25, -0.2) is 9.67 Å². The minimum atomic E-state index is 0.0733. The summed E-state index contributed by atoms with van der Waals surface area (Å²) >= 11 is 0. The Morgan fingerprint density at radius 3 is 2.83 bits per heavy atom. The third-order valence-corrected chi connectivity index (χ3v) is 4.53. The smallest absolute Gasteiger partial charge is 0.234 e. The number of amides is 1. The van der Waals surface area contributed by atoms with E-state index in [1.165, 1.54) is 0 Å². The van der Waals surface area contributed by atoms with E-state index in [9.17, 15) is 4.79 Å². The lowest BCUT2D eigenvalue weighted by Crippen LogP contribution is -2.46. The summed E-state index contributed by atoms with van der Waals surface area (Å²) in [4.78, 5) is 16.6. The predicted octanol–water partition coefficient (Wildman–Crippen LogP) is 0.601. The van der Waals surface area contributed by atoms with Crippen molar-refractivity contribution in [2.24, 2.45) is 0 Å². The van der Waals surface area contributed by atoms with Crippen molar-refractivity contribution in [2.75, 3.05) is 19.8 Å². The summed E-state index contributed by atoms with van der Waals surface area (Å²) in [5, 5.41) is 11.0. The monoisotopic (exact) mass is 321 g/mol. The Morgan fingerprint density at radius 2 is 2.09 bits per heavy atom.